The van der Waals surface area contributed by atoms with Gasteiger partial charge in [-0.2, -0.15) is 5.10 Å². The van der Waals surface area contributed by atoms with Gasteiger partial charge in [0.05, 0.1) is 24.9 Å². The molecule has 1 atom stereocenters. The van der Waals surface area contributed by atoms with Crippen molar-refractivity contribution >= 4 is 23.2 Å². The number of nitrogens with two attached hydrogens (primary N) is 1. The maximum atomic E-state index is 13.9. The molecule has 1 saturated heterocycles. The van der Waals surface area contributed by atoms with Crippen molar-refractivity contribution in [3.8, 4) is 34.4 Å². The molecule has 1 unspecified atom stereocenters. The number of carbonyl (C=O) groups is 2. The Kier molecular flexibility index (Phi) is 6.59. The second-order valence-electron chi connectivity index (χ2n) is 9.90. The number of rotatable bonds is 5. The van der Waals surface area contributed by atoms with Gasteiger partial charge in [0.1, 0.15) is 22.8 Å². The number of aromatic nitrogens is 2. The van der Waals surface area contributed by atoms with E-state index in [0.717, 1.165) is 4.68 Å². The summed E-state index contributed by atoms with van der Waals surface area (Å²) in [6.07, 6.45) is -2.33. The van der Waals surface area contributed by atoms with E-state index in [4.69, 9.17) is 10.5 Å². The molecule has 3 heterocycles. The lowest BCUT2D eigenvalue weighted by Crippen LogP contribution is -2.57. The number of methoxy groups -OCH3 is 1. The van der Waals surface area contributed by atoms with Gasteiger partial charge in [0.25, 0.3) is 11.8 Å². The second-order valence-corrected chi connectivity index (χ2v) is 9.90. The third kappa shape index (κ3) is 4.18. The van der Waals surface area contributed by atoms with Crippen molar-refractivity contribution in [2.75, 3.05) is 30.0 Å². The molecule has 17 heteroatoms. The molecule has 0 radical (unpaired) electrons. The minimum absolute atomic E-state index is 0.0503. The highest BCUT2D eigenvalue weighted by molar-refractivity contribution is 6.12. The van der Waals surface area contributed by atoms with Crippen LogP contribution in [0.1, 0.15) is 39.4 Å². The third-order valence-corrected chi connectivity index (χ3v) is 7.22. The average Bonchev–Trinajstić information content (AvgIpc) is 3.36. The second kappa shape index (κ2) is 9.64. The first kappa shape index (κ1) is 28.7. The first-order valence-corrected chi connectivity index (χ1v) is 12.4. The monoisotopic (exact) mass is 589 g/mol. The van der Waals surface area contributed by atoms with E-state index in [1.807, 2.05) is 0 Å². The number of ether oxygens (including phenoxy) is 1. The number of primary amides is 1. The molecule has 42 heavy (non-hydrogen) atoms. The molecule has 2 aliphatic heterocycles. The summed E-state index contributed by atoms with van der Waals surface area (Å²) < 4.78 is 5.98. The van der Waals surface area contributed by atoms with Crippen LogP contribution in [0, 0.1) is 0 Å². The summed E-state index contributed by atoms with van der Waals surface area (Å²) in [5.41, 5.74) is 1.81. The molecular weight excluding hydrogens is 562 g/mol. The molecule has 17 nitrogen and oxygen atoms in total. The van der Waals surface area contributed by atoms with Gasteiger partial charge in [-0.25, -0.2) is 4.68 Å². The lowest BCUT2D eigenvalue weighted by molar-refractivity contribution is -0.236. The van der Waals surface area contributed by atoms with Gasteiger partial charge in [-0.15, -0.1) is 0 Å². The Morgan fingerprint density at radius 3 is 2.12 bits per heavy atom. The van der Waals surface area contributed by atoms with Gasteiger partial charge in [-0.1, -0.05) is 0 Å². The van der Waals surface area contributed by atoms with Gasteiger partial charge in [0.15, 0.2) is 34.9 Å². The zero-order valence-electron chi connectivity index (χ0n) is 21.8. The Hall–Kier alpha value is -4.81. The van der Waals surface area contributed by atoms with Crippen LogP contribution in [-0.4, -0.2) is 99.8 Å². The molecule has 2 aliphatic rings. The maximum absolute atomic E-state index is 13.9. The van der Waals surface area contributed by atoms with Crippen molar-refractivity contribution in [2.45, 2.75) is 30.6 Å². The molecule has 11 N–H and O–H groups in total. The number of fused-ring (bicyclic) bond motifs is 1. The van der Waals surface area contributed by atoms with E-state index >= 15 is 0 Å². The van der Waals surface area contributed by atoms with Gasteiger partial charge < -0.3 is 61.3 Å². The molecule has 0 bridgehead atoms. The van der Waals surface area contributed by atoms with Crippen LogP contribution < -0.4 is 20.3 Å². The van der Waals surface area contributed by atoms with E-state index in [9.17, 15) is 55.5 Å². The first-order chi connectivity index (χ1) is 19.6. The predicted octanol–water partition coefficient (Wildman–Crippen LogP) is -1.80. The number of hydrogen-bond acceptors (Lipinski definition) is 14. The summed E-state index contributed by atoms with van der Waals surface area (Å²) in [7, 11) is 1.41. The van der Waals surface area contributed by atoms with E-state index in [-0.39, 0.29) is 25.1 Å². The zero-order valence-corrected chi connectivity index (χ0v) is 21.8. The molecule has 1 fully saturated rings. The number of amides is 2. The lowest BCUT2D eigenvalue weighted by atomic mass is 9.95. The van der Waals surface area contributed by atoms with Crippen LogP contribution in [0.2, 0.25) is 0 Å². The van der Waals surface area contributed by atoms with Crippen LogP contribution >= 0.6 is 0 Å². The smallest absolute Gasteiger partial charge is 0.277 e. The van der Waals surface area contributed by atoms with Gasteiger partial charge in [-0.05, 0) is 30.7 Å². The fourth-order valence-electron chi connectivity index (χ4n) is 5.20. The van der Waals surface area contributed by atoms with Gasteiger partial charge >= 0.3 is 0 Å². The molecule has 0 spiro atoms. The Labute approximate surface area is 235 Å². The molecule has 0 aliphatic carbocycles. The van der Waals surface area contributed by atoms with Crippen LogP contribution in [0.3, 0.4) is 0 Å². The van der Waals surface area contributed by atoms with Crippen molar-refractivity contribution in [3.05, 3.63) is 41.2 Å². The van der Waals surface area contributed by atoms with Crippen LogP contribution in [0.25, 0.3) is 5.69 Å². The highest BCUT2D eigenvalue weighted by atomic mass is 16.5. The number of anilines is 2. The minimum Gasteiger partial charge on any atom is -0.503 e. The lowest BCUT2D eigenvalue weighted by Gasteiger charge is -2.42. The number of carbonyl (C=O) groups excluding carboxylic acids is 2. The standard InChI is InChI=1S/C25H27N5O12/c1-42-11-5-3-10(4-6-11)30-14-12(13(27-30)21(26)35)25(40,41)9-29(22(14)36)16-19(33)17(31)15(18(32)20(16)34)28-8-2-7-24(38,39)23(28)37/h3-6,23,31-34,37-41H,2,7-9H2,1H3,(H2,26,35). The number of nitrogens with zero attached hydrogens (tertiary/aromatic N) is 4. The number of phenolic OH excluding ortho intramolecular Hbond substituents is 4. The van der Waals surface area contributed by atoms with Crippen molar-refractivity contribution in [2.24, 2.45) is 5.73 Å². The van der Waals surface area contributed by atoms with E-state index in [1.54, 1.807) is 0 Å². The molecule has 5 rings (SSSR count). The fraction of sp³-hybridized carbons (Fsp3) is 0.320. The van der Waals surface area contributed by atoms with E-state index in [2.05, 4.69) is 5.10 Å². The number of benzene rings is 2. The largest absolute Gasteiger partial charge is 0.503 e. The Balaban J connectivity index is 1.69. The summed E-state index contributed by atoms with van der Waals surface area (Å²) in [6, 6.07) is 5.82. The minimum atomic E-state index is -3.07. The van der Waals surface area contributed by atoms with Gasteiger partial charge in [0, 0.05) is 13.0 Å². The number of aliphatic hydroxyl groups excluding tert-OH is 1. The van der Waals surface area contributed by atoms with Gasteiger partial charge in [0.2, 0.25) is 11.6 Å². The Morgan fingerprint density at radius 2 is 1.57 bits per heavy atom. The fourth-order valence-corrected chi connectivity index (χ4v) is 5.20. The van der Waals surface area contributed by atoms with E-state index in [0.29, 0.717) is 15.5 Å². The molecule has 1 aromatic heterocycles. The molecule has 0 saturated carbocycles. The topological polar surface area (TPSA) is 276 Å². The number of phenols is 4. The summed E-state index contributed by atoms with van der Waals surface area (Å²) in [4.78, 5) is 27.2. The predicted molar refractivity (Wildman–Crippen MR) is 139 cm³/mol. The van der Waals surface area contributed by atoms with Crippen LogP contribution in [0.5, 0.6) is 28.7 Å². The summed E-state index contributed by atoms with van der Waals surface area (Å²) in [6.45, 7) is -1.32. The Bertz CT molecular complexity index is 1570. The summed E-state index contributed by atoms with van der Waals surface area (Å²) >= 11 is 0. The molecule has 2 amide bonds. The third-order valence-electron chi connectivity index (χ3n) is 7.22. The molecular formula is C25H27N5O12. The highest BCUT2D eigenvalue weighted by Gasteiger charge is 2.50. The van der Waals surface area contributed by atoms with Crippen molar-refractivity contribution in [3.63, 3.8) is 0 Å². The number of β-amino-alcohol motifs (C(OH)–C–C–N with tert-alkyl or cyclic N) is 2. The number of aliphatic hydroxyl groups is 5. The maximum Gasteiger partial charge on any atom is 0.277 e. The molecule has 224 valence electrons. The number of aromatic hydroxyl groups is 4. The number of hydrogen-bond donors (Lipinski definition) is 10. The van der Waals surface area contributed by atoms with Crippen LogP contribution in [-0.2, 0) is 5.79 Å². The van der Waals surface area contributed by atoms with Gasteiger partial charge in [-0.3, -0.25) is 14.5 Å². The van der Waals surface area contributed by atoms with Crippen molar-refractivity contribution in [1.29, 1.82) is 0 Å². The normalized spacial score (nSPS) is 19.5. The zero-order chi connectivity index (χ0) is 30.9. The SMILES string of the molecule is COc1ccc(-n2nc(C(N)=O)c3c2C(=O)N(c2c(O)c(O)c(N4CCCC(O)(O)C4O)c(O)c2O)CC3(O)O)cc1. The van der Waals surface area contributed by atoms with Crippen molar-refractivity contribution in [1.82, 2.24) is 9.78 Å². The highest BCUT2D eigenvalue weighted by Crippen LogP contribution is 2.57. The van der Waals surface area contributed by atoms with E-state index < -0.39 is 87.5 Å². The molecule has 2 aromatic carbocycles. The first-order valence-electron chi connectivity index (χ1n) is 12.4. The number of piperidine rings is 1. The summed E-state index contributed by atoms with van der Waals surface area (Å²) in [5.74, 6) is -12.6. The molecule has 3 aromatic rings. The quantitative estimate of drug-likeness (QED) is 0.0893. The van der Waals surface area contributed by atoms with Crippen molar-refractivity contribution < 1.29 is 60.3 Å². The Morgan fingerprint density at radius 1 is 1.00 bits per heavy atom. The average molecular weight is 590 g/mol. The van der Waals surface area contributed by atoms with Crippen LogP contribution in [0.15, 0.2) is 24.3 Å². The summed E-state index contributed by atoms with van der Waals surface area (Å²) in [5, 5.41) is 100. The van der Waals surface area contributed by atoms with E-state index in [1.165, 1.54) is 31.4 Å². The van der Waals surface area contributed by atoms with Crippen LogP contribution in [0.4, 0.5) is 11.4 Å².